The summed E-state index contributed by atoms with van der Waals surface area (Å²) in [6.45, 7) is 17.4. The van der Waals surface area contributed by atoms with Gasteiger partial charge in [-0.2, -0.15) is 0 Å². The third kappa shape index (κ3) is 4.95. The molecule has 4 aliphatic carbocycles. The molecule has 0 amide bonds. The van der Waals surface area contributed by atoms with Crippen molar-refractivity contribution in [2.24, 2.45) is 46.3 Å². The Kier molecular flexibility index (Phi) is 7.85. The molecule has 4 heteroatoms. The van der Waals surface area contributed by atoms with E-state index in [0.29, 0.717) is 29.6 Å². The maximum absolute atomic E-state index is 12.2. The Labute approximate surface area is 219 Å². The summed E-state index contributed by atoms with van der Waals surface area (Å²) in [6, 6.07) is 0. The lowest BCUT2D eigenvalue weighted by atomic mass is 9.47. The normalized spacial score (nSPS) is 41.0. The molecule has 0 aromatic rings. The van der Waals surface area contributed by atoms with Crippen molar-refractivity contribution < 1.29 is 19.1 Å². The average molecular weight is 499 g/mol. The minimum atomic E-state index is -0.211. The lowest BCUT2D eigenvalue weighted by Gasteiger charge is -2.58. The summed E-state index contributed by atoms with van der Waals surface area (Å²) < 4.78 is 11.7. The molecule has 0 heterocycles. The van der Waals surface area contributed by atoms with Gasteiger partial charge in [0.1, 0.15) is 12.2 Å². The van der Waals surface area contributed by atoms with Gasteiger partial charge in [-0.15, -0.1) is 0 Å². The molecular weight excluding hydrogens is 448 g/mol. The SMILES string of the molecule is CC(=O)O[C@H]1CC[C@]2(C)C3=CC[C@]4(C)[C@@H](C(C)=CC[C@H](C)C(C)C)CC[C@H]4[C@@H]3C[C@H](OC(C)=O)[C@H]2C1. The van der Waals surface area contributed by atoms with Crippen molar-refractivity contribution in [2.75, 3.05) is 0 Å². The third-order valence-corrected chi connectivity index (χ3v) is 11.1. The van der Waals surface area contributed by atoms with Gasteiger partial charge in [0, 0.05) is 19.8 Å². The van der Waals surface area contributed by atoms with Crippen LogP contribution in [0.4, 0.5) is 0 Å². The molecular formula is C32H50O4. The molecule has 4 rings (SSSR count). The third-order valence-electron chi connectivity index (χ3n) is 11.1. The molecule has 0 aliphatic heterocycles. The fourth-order valence-electron chi connectivity index (χ4n) is 8.73. The summed E-state index contributed by atoms with van der Waals surface area (Å²) in [4.78, 5) is 23.9. The summed E-state index contributed by atoms with van der Waals surface area (Å²) in [5, 5.41) is 0. The van der Waals surface area contributed by atoms with Crippen LogP contribution in [0.15, 0.2) is 23.3 Å². The summed E-state index contributed by atoms with van der Waals surface area (Å²) in [6.07, 6.45) is 13.4. The molecule has 3 saturated carbocycles. The van der Waals surface area contributed by atoms with Gasteiger partial charge in [0.25, 0.3) is 0 Å². The van der Waals surface area contributed by atoms with E-state index in [-0.39, 0.29) is 40.9 Å². The van der Waals surface area contributed by atoms with E-state index in [2.05, 4.69) is 53.7 Å². The average Bonchev–Trinajstić information content (AvgIpc) is 3.14. The van der Waals surface area contributed by atoms with Crippen LogP contribution in [0.25, 0.3) is 0 Å². The zero-order valence-electron chi connectivity index (χ0n) is 24.1. The number of hydrogen-bond acceptors (Lipinski definition) is 4. The molecule has 4 aliphatic rings. The van der Waals surface area contributed by atoms with E-state index in [1.165, 1.54) is 33.1 Å². The monoisotopic (exact) mass is 498 g/mol. The van der Waals surface area contributed by atoms with Crippen LogP contribution < -0.4 is 0 Å². The number of hydrogen-bond donors (Lipinski definition) is 0. The van der Waals surface area contributed by atoms with Gasteiger partial charge in [0.15, 0.2) is 0 Å². The Hall–Kier alpha value is -1.58. The van der Waals surface area contributed by atoms with Gasteiger partial charge in [0.05, 0.1) is 0 Å². The predicted molar refractivity (Wildman–Crippen MR) is 144 cm³/mol. The minimum absolute atomic E-state index is 0.0106. The second-order valence-electron chi connectivity index (χ2n) is 13.5. The highest BCUT2D eigenvalue weighted by Crippen LogP contribution is 2.66. The zero-order chi connectivity index (χ0) is 26.4. The Morgan fingerprint density at radius 2 is 1.69 bits per heavy atom. The fourth-order valence-corrected chi connectivity index (χ4v) is 8.73. The first-order valence-electron chi connectivity index (χ1n) is 14.6. The number of ether oxygens (including phenoxy) is 2. The van der Waals surface area contributed by atoms with Crippen molar-refractivity contribution >= 4 is 11.9 Å². The van der Waals surface area contributed by atoms with Crippen molar-refractivity contribution in [3.63, 3.8) is 0 Å². The van der Waals surface area contributed by atoms with E-state index in [1.807, 2.05) is 0 Å². The molecule has 0 spiro atoms. The van der Waals surface area contributed by atoms with Gasteiger partial charge in [-0.05, 0) is 98.7 Å². The molecule has 9 atom stereocenters. The van der Waals surface area contributed by atoms with Crippen molar-refractivity contribution in [1.29, 1.82) is 0 Å². The Morgan fingerprint density at radius 3 is 2.33 bits per heavy atom. The fraction of sp³-hybridized carbons (Fsp3) is 0.812. The van der Waals surface area contributed by atoms with Gasteiger partial charge >= 0.3 is 11.9 Å². The molecule has 0 N–H and O–H groups in total. The Morgan fingerprint density at radius 1 is 1.00 bits per heavy atom. The maximum Gasteiger partial charge on any atom is 0.302 e. The molecule has 0 aromatic carbocycles. The highest BCUT2D eigenvalue weighted by atomic mass is 16.5. The molecule has 0 radical (unpaired) electrons. The highest BCUT2D eigenvalue weighted by molar-refractivity contribution is 5.66. The number of esters is 2. The lowest BCUT2D eigenvalue weighted by Crippen LogP contribution is -2.54. The number of carbonyl (C=O) groups excluding carboxylic acids is 2. The standard InChI is InChI=1S/C32H50O4/c1-19(2)20(3)9-10-21(4)26-11-12-27-25-18-30(36-23(6)34)29-17-24(35-22(5)33)13-15-32(29,8)28(25)14-16-31(26,27)7/h10,14,19-20,24-27,29-30H,9,11-13,15-18H2,1-8H3/t20-,24-,25-,26+,27-,29+,30-,31+,32+/m0/s1. The van der Waals surface area contributed by atoms with Gasteiger partial charge in [0.2, 0.25) is 0 Å². The Balaban J connectivity index is 1.62. The number of fused-ring (bicyclic) bond motifs is 5. The largest absolute Gasteiger partial charge is 0.463 e. The van der Waals surface area contributed by atoms with E-state index in [9.17, 15) is 9.59 Å². The van der Waals surface area contributed by atoms with Crippen molar-refractivity contribution in [1.82, 2.24) is 0 Å². The molecule has 3 fully saturated rings. The molecule has 0 aromatic heterocycles. The topological polar surface area (TPSA) is 52.6 Å². The van der Waals surface area contributed by atoms with Gasteiger partial charge in [-0.1, -0.05) is 57.9 Å². The highest BCUT2D eigenvalue weighted by Gasteiger charge is 2.60. The van der Waals surface area contributed by atoms with Crippen molar-refractivity contribution in [3.05, 3.63) is 23.3 Å². The van der Waals surface area contributed by atoms with E-state index < -0.39 is 0 Å². The second kappa shape index (κ2) is 10.3. The number of carbonyl (C=O) groups is 2. The zero-order valence-corrected chi connectivity index (χ0v) is 24.1. The summed E-state index contributed by atoms with van der Waals surface area (Å²) in [5.74, 6) is 2.99. The first kappa shape index (κ1) is 27.5. The van der Waals surface area contributed by atoms with Crippen LogP contribution in [0.2, 0.25) is 0 Å². The molecule has 0 saturated heterocycles. The second-order valence-corrected chi connectivity index (χ2v) is 13.5. The smallest absolute Gasteiger partial charge is 0.302 e. The molecule has 4 nitrogen and oxygen atoms in total. The number of allylic oxidation sites excluding steroid dienone is 4. The summed E-state index contributed by atoms with van der Waals surface area (Å²) in [7, 11) is 0. The van der Waals surface area contributed by atoms with E-state index in [0.717, 1.165) is 32.1 Å². The molecule has 202 valence electrons. The van der Waals surface area contributed by atoms with Crippen molar-refractivity contribution in [2.45, 2.75) is 119 Å². The first-order valence-corrected chi connectivity index (χ1v) is 14.6. The van der Waals surface area contributed by atoms with Gasteiger partial charge in [-0.25, -0.2) is 0 Å². The van der Waals surface area contributed by atoms with E-state index in [4.69, 9.17) is 9.47 Å². The van der Waals surface area contributed by atoms with Gasteiger partial charge in [-0.3, -0.25) is 9.59 Å². The van der Waals surface area contributed by atoms with Crippen LogP contribution in [0.3, 0.4) is 0 Å². The maximum atomic E-state index is 12.2. The number of rotatable bonds is 6. The van der Waals surface area contributed by atoms with Gasteiger partial charge < -0.3 is 9.47 Å². The van der Waals surface area contributed by atoms with E-state index in [1.54, 1.807) is 11.1 Å². The van der Waals surface area contributed by atoms with E-state index >= 15 is 0 Å². The van der Waals surface area contributed by atoms with Crippen LogP contribution >= 0.6 is 0 Å². The summed E-state index contributed by atoms with van der Waals surface area (Å²) in [5.41, 5.74) is 3.49. The van der Waals surface area contributed by atoms with Crippen molar-refractivity contribution in [3.8, 4) is 0 Å². The lowest BCUT2D eigenvalue weighted by molar-refractivity contribution is -0.168. The molecule has 36 heavy (non-hydrogen) atoms. The Bertz CT molecular complexity index is 915. The molecule has 0 bridgehead atoms. The van der Waals surface area contributed by atoms with Crippen LogP contribution in [0.5, 0.6) is 0 Å². The quantitative estimate of drug-likeness (QED) is 0.278. The van der Waals surface area contributed by atoms with Crippen LogP contribution in [0, 0.1) is 46.3 Å². The molecule has 0 unspecified atom stereocenters. The van der Waals surface area contributed by atoms with Crippen LogP contribution in [-0.4, -0.2) is 24.1 Å². The van der Waals surface area contributed by atoms with Crippen LogP contribution in [0.1, 0.15) is 107 Å². The first-order chi connectivity index (χ1) is 16.9. The summed E-state index contributed by atoms with van der Waals surface area (Å²) >= 11 is 0. The van der Waals surface area contributed by atoms with Crippen LogP contribution in [-0.2, 0) is 19.1 Å². The predicted octanol–water partition coefficient (Wildman–Crippen LogP) is 7.67. The minimum Gasteiger partial charge on any atom is -0.463 e.